The van der Waals surface area contributed by atoms with Gasteiger partial charge in [0.15, 0.2) is 0 Å². The molecule has 1 aromatic heterocycles. The number of rotatable bonds is 1. The highest BCUT2D eigenvalue weighted by Gasteiger charge is 2.07. The van der Waals surface area contributed by atoms with E-state index in [4.69, 9.17) is 28.3 Å². The van der Waals surface area contributed by atoms with Crippen molar-refractivity contribution in [3.05, 3.63) is 20.6 Å². The van der Waals surface area contributed by atoms with Crippen LogP contribution in [-0.4, -0.2) is 15.1 Å². The number of aromatic nitrogens is 2. The molecule has 11 heavy (non-hydrogen) atoms. The van der Waals surface area contributed by atoms with E-state index in [1.54, 1.807) is 0 Å². The largest absolute Gasteiger partial charge is 0.390 e. The van der Waals surface area contributed by atoms with Crippen molar-refractivity contribution in [1.82, 2.24) is 9.97 Å². The highest BCUT2D eigenvalue weighted by Crippen LogP contribution is 2.24. The quantitative estimate of drug-likeness (QED) is 0.619. The Kier molecular flexibility index (Phi) is 3.06. The molecule has 0 aromatic carbocycles. The smallest absolute Gasteiger partial charge is 0.224 e. The van der Waals surface area contributed by atoms with Crippen LogP contribution in [0.3, 0.4) is 0 Å². The zero-order chi connectivity index (χ0) is 8.43. The molecule has 0 fully saturated rings. The van der Waals surface area contributed by atoms with Crippen LogP contribution in [0.15, 0.2) is 4.47 Å². The van der Waals surface area contributed by atoms with E-state index in [-0.39, 0.29) is 17.0 Å². The molecule has 0 amide bonds. The van der Waals surface area contributed by atoms with Crippen molar-refractivity contribution in [3.63, 3.8) is 0 Å². The summed E-state index contributed by atoms with van der Waals surface area (Å²) in [4.78, 5) is 7.37. The first-order valence-electron chi connectivity index (χ1n) is 2.63. The molecule has 1 rings (SSSR count). The number of aliphatic hydroxyl groups is 1. The summed E-state index contributed by atoms with van der Waals surface area (Å²) in [5, 5.41) is 8.96. The van der Waals surface area contributed by atoms with E-state index in [0.29, 0.717) is 10.2 Å². The van der Waals surface area contributed by atoms with E-state index in [1.807, 2.05) is 0 Å². The average molecular weight is 258 g/mol. The van der Waals surface area contributed by atoms with Gasteiger partial charge in [-0.15, -0.1) is 0 Å². The van der Waals surface area contributed by atoms with Gasteiger partial charge >= 0.3 is 0 Å². The average Bonchev–Trinajstić information content (AvgIpc) is 1.96. The van der Waals surface area contributed by atoms with Crippen LogP contribution in [0, 0.1) is 0 Å². The predicted octanol–water partition coefficient (Wildman–Crippen LogP) is 2.04. The van der Waals surface area contributed by atoms with E-state index in [1.165, 1.54) is 0 Å². The van der Waals surface area contributed by atoms with Crippen molar-refractivity contribution in [2.75, 3.05) is 0 Å². The molecule has 1 heterocycles. The van der Waals surface area contributed by atoms with Crippen LogP contribution in [0.4, 0.5) is 0 Å². The fourth-order valence-corrected chi connectivity index (χ4v) is 1.26. The summed E-state index contributed by atoms with van der Waals surface area (Å²) in [6, 6.07) is 0. The first-order valence-corrected chi connectivity index (χ1v) is 4.18. The Morgan fingerprint density at radius 3 is 2.55 bits per heavy atom. The second kappa shape index (κ2) is 3.67. The summed E-state index contributed by atoms with van der Waals surface area (Å²) in [5.41, 5.74) is 0.384. The molecule has 1 aromatic rings. The lowest BCUT2D eigenvalue weighted by atomic mass is 10.4. The van der Waals surface area contributed by atoms with Crippen LogP contribution in [0.1, 0.15) is 5.69 Å². The van der Waals surface area contributed by atoms with Gasteiger partial charge in [-0.25, -0.2) is 9.97 Å². The molecule has 0 aliphatic heterocycles. The molecular formula is C5H3BrCl2N2O. The summed E-state index contributed by atoms with van der Waals surface area (Å²) in [5.74, 6) is 0. The fourth-order valence-electron chi connectivity index (χ4n) is 0.539. The van der Waals surface area contributed by atoms with Crippen molar-refractivity contribution in [3.8, 4) is 0 Å². The number of hydrogen-bond donors (Lipinski definition) is 1. The van der Waals surface area contributed by atoms with Gasteiger partial charge in [0.25, 0.3) is 0 Å². The standard InChI is InChI=1S/C5H3BrCl2N2O/c6-3-2(1-11)9-5(8)10-4(3)7/h11H,1H2. The first-order chi connectivity index (χ1) is 5.15. The molecule has 0 unspecified atom stereocenters. The normalized spacial score (nSPS) is 10.2. The van der Waals surface area contributed by atoms with Gasteiger partial charge in [-0.2, -0.15) is 0 Å². The van der Waals surface area contributed by atoms with E-state index in [9.17, 15) is 0 Å². The lowest BCUT2D eigenvalue weighted by Crippen LogP contribution is -1.94. The highest BCUT2D eigenvalue weighted by atomic mass is 79.9. The van der Waals surface area contributed by atoms with Gasteiger partial charge < -0.3 is 5.11 Å². The number of nitrogens with zero attached hydrogens (tertiary/aromatic N) is 2. The lowest BCUT2D eigenvalue weighted by molar-refractivity contribution is 0.275. The lowest BCUT2D eigenvalue weighted by Gasteiger charge is -2.00. The van der Waals surface area contributed by atoms with Crippen LogP contribution in [0.25, 0.3) is 0 Å². The van der Waals surface area contributed by atoms with Gasteiger partial charge in [0.05, 0.1) is 16.8 Å². The number of halogens is 3. The molecule has 0 aliphatic carbocycles. The van der Waals surface area contributed by atoms with Crippen LogP contribution in [0.5, 0.6) is 0 Å². The molecule has 3 nitrogen and oxygen atoms in total. The Hall–Kier alpha value is 0.1000. The third-order valence-corrected chi connectivity index (χ3v) is 2.51. The Morgan fingerprint density at radius 2 is 2.00 bits per heavy atom. The molecule has 0 bridgehead atoms. The molecule has 0 spiro atoms. The maximum Gasteiger partial charge on any atom is 0.224 e. The third-order valence-electron chi connectivity index (χ3n) is 1.00. The van der Waals surface area contributed by atoms with Crippen molar-refractivity contribution < 1.29 is 5.11 Å². The minimum atomic E-state index is -0.220. The van der Waals surface area contributed by atoms with Crippen molar-refractivity contribution in [2.24, 2.45) is 0 Å². The Balaban J connectivity index is 3.24. The van der Waals surface area contributed by atoms with Gasteiger partial charge in [-0.3, -0.25) is 0 Å². The molecule has 0 aliphatic rings. The molecule has 0 saturated carbocycles. The van der Waals surface area contributed by atoms with Gasteiger partial charge in [-0.05, 0) is 27.5 Å². The molecule has 6 heteroatoms. The zero-order valence-electron chi connectivity index (χ0n) is 5.18. The molecule has 60 valence electrons. The second-order valence-electron chi connectivity index (χ2n) is 1.70. The summed E-state index contributed by atoms with van der Waals surface area (Å²) in [6.07, 6.45) is 0. The summed E-state index contributed by atoms with van der Waals surface area (Å²) >= 11 is 14.2. The van der Waals surface area contributed by atoms with E-state index < -0.39 is 0 Å². The fraction of sp³-hybridized carbons (Fsp3) is 0.200. The molecule has 1 N–H and O–H groups in total. The maximum atomic E-state index is 8.73. The number of hydrogen-bond acceptors (Lipinski definition) is 3. The SMILES string of the molecule is OCc1nc(Cl)nc(Cl)c1Br. The van der Waals surface area contributed by atoms with E-state index in [0.717, 1.165) is 0 Å². The Bertz CT molecular complexity index is 281. The van der Waals surface area contributed by atoms with Gasteiger partial charge in [0.2, 0.25) is 5.28 Å². The molecular weight excluding hydrogens is 255 g/mol. The predicted molar refractivity (Wildman–Crippen MR) is 45.7 cm³/mol. The summed E-state index contributed by atoms with van der Waals surface area (Å²) < 4.78 is 0.478. The zero-order valence-corrected chi connectivity index (χ0v) is 8.28. The molecule has 0 radical (unpaired) electrons. The first kappa shape index (κ1) is 9.19. The Morgan fingerprint density at radius 1 is 1.36 bits per heavy atom. The molecule has 0 atom stereocenters. The minimum Gasteiger partial charge on any atom is -0.390 e. The van der Waals surface area contributed by atoms with Crippen molar-refractivity contribution >= 4 is 39.1 Å². The van der Waals surface area contributed by atoms with Crippen LogP contribution >= 0.6 is 39.1 Å². The van der Waals surface area contributed by atoms with Crippen LogP contribution < -0.4 is 0 Å². The maximum absolute atomic E-state index is 8.73. The van der Waals surface area contributed by atoms with E-state index in [2.05, 4.69) is 25.9 Å². The number of aliphatic hydroxyl groups excluding tert-OH is 1. The highest BCUT2D eigenvalue weighted by molar-refractivity contribution is 9.10. The van der Waals surface area contributed by atoms with E-state index >= 15 is 0 Å². The van der Waals surface area contributed by atoms with Gasteiger partial charge in [0, 0.05) is 0 Å². The summed E-state index contributed by atoms with van der Waals surface area (Å²) in [7, 11) is 0. The van der Waals surface area contributed by atoms with Crippen molar-refractivity contribution in [2.45, 2.75) is 6.61 Å². The van der Waals surface area contributed by atoms with Crippen LogP contribution in [0.2, 0.25) is 10.4 Å². The monoisotopic (exact) mass is 256 g/mol. The van der Waals surface area contributed by atoms with Crippen LogP contribution in [-0.2, 0) is 6.61 Å². The third kappa shape index (κ3) is 2.02. The molecule has 0 saturated heterocycles. The van der Waals surface area contributed by atoms with Crippen molar-refractivity contribution in [1.29, 1.82) is 0 Å². The summed E-state index contributed by atoms with van der Waals surface area (Å²) in [6.45, 7) is -0.220. The van der Waals surface area contributed by atoms with Gasteiger partial charge in [-0.1, -0.05) is 11.6 Å². The topological polar surface area (TPSA) is 46.0 Å². The Labute approximate surface area is 81.5 Å². The van der Waals surface area contributed by atoms with Gasteiger partial charge in [0.1, 0.15) is 5.15 Å². The second-order valence-corrected chi connectivity index (χ2v) is 3.19. The minimum absolute atomic E-state index is 0.0299.